The molecule has 0 atom stereocenters. The molecular weight excluding hydrogens is 260 g/mol. The van der Waals surface area contributed by atoms with Gasteiger partial charge in [0.15, 0.2) is 5.69 Å². The van der Waals surface area contributed by atoms with E-state index < -0.39 is 5.97 Å². The van der Waals surface area contributed by atoms with Gasteiger partial charge in [-0.1, -0.05) is 12.1 Å². The summed E-state index contributed by atoms with van der Waals surface area (Å²) in [6.45, 7) is 4.77. The van der Waals surface area contributed by atoms with E-state index in [1.807, 2.05) is 6.92 Å². The van der Waals surface area contributed by atoms with Crippen LogP contribution in [0.3, 0.4) is 0 Å². The highest BCUT2D eigenvalue weighted by Crippen LogP contribution is 2.41. The summed E-state index contributed by atoms with van der Waals surface area (Å²) in [5.74, 6) is -0.313. The smallest absolute Gasteiger partial charge is 0.360 e. The maximum atomic E-state index is 11.8. The van der Waals surface area contributed by atoms with E-state index in [1.165, 1.54) is 4.68 Å². The Morgan fingerprint density at radius 1 is 1.40 bits per heavy atom. The molecule has 7 heteroatoms. The molecule has 110 valence electrons. The minimum Gasteiger partial charge on any atom is -0.461 e. The third kappa shape index (κ3) is 3.34. The van der Waals surface area contributed by atoms with Gasteiger partial charge in [0.2, 0.25) is 5.91 Å². The molecule has 1 aliphatic rings. The van der Waals surface area contributed by atoms with Crippen LogP contribution in [0.15, 0.2) is 0 Å². The molecule has 1 aromatic heterocycles. The second-order valence-electron chi connectivity index (χ2n) is 4.83. The first-order valence-electron chi connectivity index (χ1n) is 7.04. The lowest BCUT2D eigenvalue weighted by Gasteiger charge is -2.07. The monoisotopic (exact) mass is 280 g/mol. The van der Waals surface area contributed by atoms with Gasteiger partial charge in [-0.15, -0.1) is 5.10 Å². The highest BCUT2D eigenvalue weighted by atomic mass is 16.5. The van der Waals surface area contributed by atoms with Crippen molar-refractivity contribution in [1.82, 2.24) is 20.3 Å². The predicted octanol–water partition coefficient (Wildman–Crippen LogP) is 0.858. The van der Waals surface area contributed by atoms with Crippen LogP contribution < -0.4 is 5.32 Å². The quantitative estimate of drug-likeness (QED) is 0.749. The Kier molecular flexibility index (Phi) is 4.70. The van der Waals surface area contributed by atoms with E-state index in [0.29, 0.717) is 13.2 Å². The maximum absolute atomic E-state index is 11.8. The molecule has 0 aromatic carbocycles. The molecule has 1 heterocycles. The molecule has 0 radical (unpaired) electrons. The van der Waals surface area contributed by atoms with E-state index in [0.717, 1.165) is 25.0 Å². The van der Waals surface area contributed by atoms with E-state index in [4.69, 9.17) is 4.74 Å². The molecule has 7 nitrogen and oxygen atoms in total. The van der Waals surface area contributed by atoms with E-state index in [9.17, 15) is 9.59 Å². The molecule has 1 saturated carbocycles. The van der Waals surface area contributed by atoms with Gasteiger partial charge in [-0.25, -0.2) is 9.48 Å². The molecule has 1 aliphatic carbocycles. The zero-order valence-corrected chi connectivity index (χ0v) is 11.9. The standard InChI is InChI=1S/C13H20N4O3/c1-3-7-14-10(18)8-17-12(9-5-6-9)11(15-16-17)13(19)20-4-2/h9H,3-8H2,1-2H3,(H,14,18). The first-order valence-corrected chi connectivity index (χ1v) is 7.04. The largest absolute Gasteiger partial charge is 0.461 e. The number of ether oxygens (including phenoxy) is 1. The Hall–Kier alpha value is -1.92. The van der Waals surface area contributed by atoms with E-state index in [2.05, 4.69) is 15.6 Å². The van der Waals surface area contributed by atoms with E-state index in [1.54, 1.807) is 6.92 Å². The third-order valence-electron chi connectivity index (χ3n) is 3.07. The lowest BCUT2D eigenvalue weighted by molar-refractivity contribution is -0.121. The zero-order chi connectivity index (χ0) is 14.5. The number of carbonyl (C=O) groups excluding carboxylic acids is 2. The summed E-state index contributed by atoms with van der Waals surface area (Å²) in [5, 5.41) is 10.6. The Morgan fingerprint density at radius 3 is 2.75 bits per heavy atom. The van der Waals surface area contributed by atoms with Gasteiger partial charge in [-0.05, 0) is 26.2 Å². The van der Waals surface area contributed by atoms with Crippen LogP contribution in [0.1, 0.15) is 55.2 Å². The average Bonchev–Trinajstić information content (AvgIpc) is 3.18. The van der Waals surface area contributed by atoms with Crippen LogP contribution in [-0.2, 0) is 16.1 Å². The van der Waals surface area contributed by atoms with E-state index in [-0.39, 0.29) is 24.1 Å². The zero-order valence-electron chi connectivity index (χ0n) is 11.9. The number of hydrogen-bond acceptors (Lipinski definition) is 5. The highest BCUT2D eigenvalue weighted by Gasteiger charge is 2.34. The molecule has 0 bridgehead atoms. The third-order valence-corrected chi connectivity index (χ3v) is 3.07. The van der Waals surface area contributed by atoms with Crippen molar-refractivity contribution in [1.29, 1.82) is 0 Å². The second-order valence-corrected chi connectivity index (χ2v) is 4.83. The van der Waals surface area contributed by atoms with Gasteiger partial charge in [0.1, 0.15) is 6.54 Å². The Labute approximate surface area is 117 Å². The molecule has 0 aliphatic heterocycles. The Bertz CT molecular complexity index is 494. The summed E-state index contributed by atoms with van der Waals surface area (Å²) in [4.78, 5) is 23.6. The van der Waals surface area contributed by atoms with Gasteiger partial charge < -0.3 is 10.1 Å². The molecule has 1 amide bonds. The SMILES string of the molecule is CCCNC(=O)Cn1nnc(C(=O)OCC)c1C1CC1. The number of esters is 1. The summed E-state index contributed by atoms with van der Waals surface area (Å²) < 4.78 is 6.50. The summed E-state index contributed by atoms with van der Waals surface area (Å²) in [6, 6.07) is 0. The maximum Gasteiger partial charge on any atom is 0.360 e. The van der Waals surface area contributed by atoms with Crippen molar-refractivity contribution >= 4 is 11.9 Å². The Morgan fingerprint density at radius 2 is 2.15 bits per heavy atom. The summed E-state index contributed by atoms with van der Waals surface area (Å²) in [6.07, 6.45) is 2.87. The fourth-order valence-corrected chi connectivity index (χ4v) is 2.00. The average molecular weight is 280 g/mol. The summed E-state index contributed by atoms with van der Waals surface area (Å²) >= 11 is 0. The molecule has 1 fully saturated rings. The number of nitrogens with zero attached hydrogens (tertiary/aromatic N) is 3. The first-order chi connectivity index (χ1) is 9.67. The predicted molar refractivity (Wildman–Crippen MR) is 71.3 cm³/mol. The topological polar surface area (TPSA) is 86.1 Å². The molecule has 0 spiro atoms. The fourth-order valence-electron chi connectivity index (χ4n) is 2.00. The minimum absolute atomic E-state index is 0.0955. The number of nitrogens with one attached hydrogen (secondary N) is 1. The van der Waals surface area contributed by atoms with Crippen molar-refractivity contribution in [3.63, 3.8) is 0 Å². The molecule has 1 aromatic rings. The summed E-state index contributed by atoms with van der Waals surface area (Å²) in [7, 11) is 0. The van der Waals surface area contributed by atoms with Crippen LogP contribution in [0.4, 0.5) is 0 Å². The fraction of sp³-hybridized carbons (Fsp3) is 0.692. The number of amides is 1. The number of rotatable bonds is 7. The van der Waals surface area contributed by atoms with Gasteiger partial charge >= 0.3 is 5.97 Å². The first kappa shape index (κ1) is 14.5. The van der Waals surface area contributed by atoms with Crippen LogP contribution in [-0.4, -0.2) is 40.0 Å². The summed E-state index contributed by atoms with van der Waals surface area (Å²) in [5.41, 5.74) is 0.979. The highest BCUT2D eigenvalue weighted by molar-refractivity contribution is 5.88. The van der Waals surface area contributed by atoms with Crippen LogP contribution in [0.5, 0.6) is 0 Å². The molecule has 20 heavy (non-hydrogen) atoms. The van der Waals surface area contributed by atoms with Gasteiger partial charge in [0.05, 0.1) is 12.3 Å². The van der Waals surface area contributed by atoms with Crippen molar-refractivity contribution in [2.45, 2.75) is 45.6 Å². The van der Waals surface area contributed by atoms with Crippen molar-refractivity contribution in [3.05, 3.63) is 11.4 Å². The van der Waals surface area contributed by atoms with Crippen LogP contribution >= 0.6 is 0 Å². The van der Waals surface area contributed by atoms with Crippen molar-refractivity contribution in [3.8, 4) is 0 Å². The van der Waals surface area contributed by atoms with Crippen LogP contribution in [0, 0.1) is 0 Å². The van der Waals surface area contributed by atoms with Crippen LogP contribution in [0.2, 0.25) is 0 Å². The van der Waals surface area contributed by atoms with Gasteiger partial charge in [0.25, 0.3) is 0 Å². The van der Waals surface area contributed by atoms with Gasteiger partial charge in [-0.3, -0.25) is 4.79 Å². The lowest BCUT2D eigenvalue weighted by atomic mass is 10.2. The van der Waals surface area contributed by atoms with Gasteiger partial charge in [0, 0.05) is 12.5 Å². The molecule has 1 N–H and O–H groups in total. The number of aromatic nitrogens is 3. The molecule has 0 saturated heterocycles. The van der Waals surface area contributed by atoms with E-state index >= 15 is 0 Å². The minimum atomic E-state index is -0.463. The Balaban J connectivity index is 2.13. The normalized spacial score (nSPS) is 14.1. The number of carbonyl (C=O) groups is 2. The lowest BCUT2D eigenvalue weighted by Crippen LogP contribution is -2.29. The van der Waals surface area contributed by atoms with Crippen molar-refractivity contribution in [2.75, 3.05) is 13.2 Å². The van der Waals surface area contributed by atoms with Crippen LogP contribution in [0.25, 0.3) is 0 Å². The van der Waals surface area contributed by atoms with Crippen molar-refractivity contribution < 1.29 is 14.3 Å². The molecule has 0 unspecified atom stereocenters. The molecule has 2 rings (SSSR count). The second kappa shape index (κ2) is 6.49. The number of hydrogen-bond donors (Lipinski definition) is 1. The van der Waals surface area contributed by atoms with Crippen molar-refractivity contribution in [2.24, 2.45) is 0 Å². The van der Waals surface area contributed by atoms with Gasteiger partial charge in [-0.2, -0.15) is 0 Å². The molecular formula is C13H20N4O3.